The number of pyridine rings is 1. The number of hydrogen-bond donors (Lipinski definition) is 0. The van der Waals surface area contributed by atoms with Crippen LogP contribution in [-0.2, 0) is 6.18 Å². The van der Waals surface area contributed by atoms with E-state index in [1.54, 1.807) is 6.92 Å². The van der Waals surface area contributed by atoms with E-state index in [0.717, 1.165) is 43.6 Å². The molecule has 0 saturated carbocycles. The second-order valence-corrected chi connectivity index (χ2v) is 8.78. The molecule has 2 fully saturated rings. The Morgan fingerprint density at radius 3 is 2.28 bits per heavy atom. The molecule has 2 aliphatic rings. The normalized spacial score (nSPS) is 19.4. The first-order valence-electron chi connectivity index (χ1n) is 10.0. The van der Waals surface area contributed by atoms with Crippen molar-refractivity contribution in [2.45, 2.75) is 25.9 Å². The monoisotopic (exact) mass is 426 g/mol. The molecule has 9 heteroatoms. The minimum Gasteiger partial charge on any atom is -0.335 e. The number of piperazine rings is 1. The van der Waals surface area contributed by atoms with Gasteiger partial charge in [-0.1, -0.05) is 0 Å². The molecule has 1 amide bonds. The average molecular weight is 427 g/mol. The van der Waals surface area contributed by atoms with Crippen LogP contribution in [0.3, 0.4) is 0 Å². The third-order valence-electron chi connectivity index (χ3n) is 5.88. The lowest BCUT2D eigenvalue weighted by atomic mass is 10.1. The van der Waals surface area contributed by atoms with Crippen molar-refractivity contribution in [3.63, 3.8) is 0 Å². The molecule has 0 atom stereocenters. The van der Waals surface area contributed by atoms with Crippen molar-refractivity contribution in [2.75, 3.05) is 52.4 Å². The van der Waals surface area contributed by atoms with Crippen molar-refractivity contribution in [2.24, 2.45) is 0 Å². The van der Waals surface area contributed by atoms with Gasteiger partial charge >= 0.3 is 6.18 Å². The van der Waals surface area contributed by atoms with E-state index in [0.29, 0.717) is 28.9 Å². The van der Waals surface area contributed by atoms with Gasteiger partial charge in [0.05, 0.1) is 4.88 Å². The Kier molecular flexibility index (Phi) is 5.81. The highest BCUT2D eigenvalue weighted by atomic mass is 32.1. The highest BCUT2D eigenvalue weighted by molar-refractivity contribution is 7.20. The van der Waals surface area contributed by atoms with Crippen LogP contribution in [0.15, 0.2) is 12.1 Å². The summed E-state index contributed by atoms with van der Waals surface area (Å²) in [6, 6.07) is 2.40. The Morgan fingerprint density at radius 2 is 1.66 bits per heavy atom. The maximum Gasteiger partial charge on any atom is 0.433 e. The Morgan fingerprint density at radius 1 is 1.03 bits per heavy atom. The lowest BCUT2D eigenvalue weighted by Crippen LogP contribution is -2.50. The molecule has 0 spiro atoms. The van der Waals surface area contributed by atoms with Gasteiger partial charge in [-0.25, -0.2) is 4.98 Å². The molecule has 0 aromatic carbocycles. The number of alkyl halides is 3. The van der Waals surface area contributed by atoms with Crippen molar-refractivity contribution >= 4 is 27.5 Å². The third-order valence-corrected chi connectivity index (χ3v) is 7.07. The number of amides is 1. The summed E-state index contributed by atoms with van der Waals surface area (Å²) in [6.07, 6.45) is -1.91. The summed E-state index contributed by atoms with van der Waals surface area (Å²) >= 11 is 1.06. The summed E-state index contributed by atoms with van der Waals surface area (Å²) in [6.45, 7) is 9.22. The van der Waals surface area contributed by atoms with E-state index in [1.807, 2.05) is 4.90 Å². The quantitative estimate of drug-likeness (QED) is 0.751. The predicted molar refractivity (Wildman–Crippen MR) is 107 cm³/mol. The van der Waals surface area contributed by atoms with Gasteiger partial charge in [0.25, 0.3) is 5.91 Å². The molecule has 0 unspecified atom stereocenters. The highest BCUT2D eigenvalue weighted by Crippen LogP contribution is 2.34. The Balaban J connectivity index is 1.40. The maximum atomic E-state index is 13.0. The molecule has 2 aromatic rings. The lowest BCUT2D eigenvalue weighted by molar-refractivity contribution is -0.140. The molecule has 2 saturated heterocycles. The van der Waals surface area contributed by atoms with Gasteiger partial charge in [0.15, 0.2) is 0 Å². The van der Waals surface area contributed by atoms with Crippen LogP contribution in [0.1, 0.15) is 33.8 Å². The molecular formula is C20H25F3N4OS. The first kappa shape index (κ1) is 20.6. The van der Waals surface area contributed by atoms with Crippen molar-refractivity contribution in [1.82, 2.24) is 19.7 Å². The molecular weight excluding hydrogens is 401 g/mol. The van der Waals surface area contributed by atoms with Crippen LogP contribution in [0, 0.1) is 6.92 Å². The largest absolute Gasteiger partial charge is 0.433 e. The van der Waals surface area contributed by atoms with Gasteiger partial charge in [0, 0.05) is 44.7 Å². The fourth-order valence-electron chi connectivity index (χ4n) is 4.07. The van der Waals surface area contributed by atoms with Crippen molar-refractivity contribution in [1.29, 1.82) is 0 Å². The smallest absolute Gasteiger partial charge is 0.335 e. The van der Waals surface area contributed by atoms with Gasteiger partial charge in [0.2, 0.25) is 0 Å². The number of carbonyl (C=O) groups is 1. The zero-order chi connectivity index (χ0) is 20.6. The number of likely N-dealkylation sites (tertiary alicyclic amines) is 1. The highest BCUT2D eigenvalue weighted by Gasteiger charge is 2.33. The molecule has 2 aliphatic heterocycles. The SMILES string of the molecule is Cc1c(C(=O)N2CCN(CCN3CCCC3)CC2)sc2nc(C(F)(F)F)ccc12. The number of hydrogen-bond acceptors (Lipinski definition) is 5. The van der Waals surface area contributed by atoms with E-state index in [2.05, 4.69) is 14.8 Å². The van der Waals surface area contributed by atoms with E-state index in [9.17, 15) is 18.0 Å². The zero-order valence-corrected chi connectivity index (χ0v) is 17.3. The van der Waals surface area contributed by atoms with Crippen LogP contribution in [-0.4, -0.2) is 77.9 Å². The molecule has 4 rings (SSSR count). The van der Waals surface area contributed by atoms with Gasteiger partial charge in [0.1, 0.15) is 10.5 Å². The van der Waals surface area contributed by atoms with Crippen LogP contribution >= 0.6 is 11.3 Å². The Labute approximate surface area is 172 Å². The van der Waals surface area contributed by atoms with E-state index in [4.69, 9.17) is 0 Å². The van der Waals surface area contributed by atoms with Gasteiger partial charge in [-0.15, -0.1) is 11.3 Å². The van der Waals surface area contributed by atoms with Crippen molar-refractivity contribution < 1.29 is 18.0 Å². The molecule has 0 bridgehead atoms. The number of thiophene rings is 1. The van der Waals surface area contributed by atoms with E-state index < -0.39 is 11.9 Å². The van der Waals surface area contributed by atoms with Gasteiger partial charge in [-0.3, -0.25) is 9.69 Å². The van der Waals surface area contributed by atoms with E-state index >= 15 is 0 Å². The molecule has 2 aromatic heterocycles. The van der Waals surface area contributed by atoms with Crippen LogP contribution in [0.2, 0.25) is 0 Å². The number of fused-ring (bicyclic) bond motifs is 1. The average Bonchev–Trinajstić information content (AvgIpc) is 3.33. The number of carbonyl (C=O) groups excluding carboxylic acids is 1. The second-order valence-electron chi connectivity index (χ2n) is 7.79. The fourth-order valence-corrected chi connectivity index (χ4v) is 5.22. The zero-order valence-electron chi connectivity index (χ0n) is 16.5. The molecule has 29 heavy (non-hydrogen) atoms. The fraction of sp³-hybridized carbons (Fsp3) is 0.600. The van der Waals surface area contributed by atoms with Gasteiger partial charge < -0.3 is 9.80 Å². The lowest BCUT2D eigenvalue weighted by Gasteiger charge is -2.35. The number of nitrogens with zero attached hydrogens (tertiary/aromatic N) is 4. The minimum atomic E-state index is -4.48. The second kappa shape index (κ2) is 8.20. The molecule has 0 aliphatic carbocycles. The number of halogens is 3. The Hall–Kier alpha value is -1.71. The molecule has 0 radical (unpaired) electrons. The maximum absolute atomic E-state index is 13.0. The van der Waals surface area contributed by atoms with Crippen molar-refractivity contribution in [3.8, 4) is 0 Å². The molecule has 158 valence electrons. The summed E-state index contributed by atoms with van der Waals surface area (Å²) in [7, 11) is 0. The summed E-state index contributed by atoms with van der Waals surface area (Å²) < 4.78 is 38.8. The summed E-state index contributed by atoms with van der Waals surface area (Å²) in [5.41, 5.74) is -0.204. The van der Waals surface area contributed by atoms with E-state index in [-0.39, 0.29) is 10.7 Å². The van der Waals surface area contributed by atoms with Gasteiger partial charge in [-0.05, 0) is 50.6 Å². The van der Waals surface area contributed by atoms with Crippen LogP contribution < -0.4 is 0 Å². The van der Waals surface area contributed by atoms with E-state index in [1.165, 1.54) is 32.0 Å². The van der Waals surface area contributed by atoms with Crippen molar-refractivity contribution in [3.05, 3.63) is 28.3 Å². The van der Waals surface area contributed by atoms with Crippen LogP contribution in [0.25, 0.3) is 10.2 Å². The summed E-state index contributed by atoms with van der Waals surface area (Å²) in [5, 5.41) is 0.621. The number of aromatic nitrogens is 1. The predicted octanol–water partition coefficient (Wildman–Crippen LogP) is 3.48. The first-order valence-corrected chi connectivity index (χ1v) is 10.9. The summed E-state index contributed by atoms with van der Waals surface area (Å²) in [5.74, 6) is -0.0988. The van der Waals surface area contributed by atoms with Crippen LogP contribution in [0.5, 0.6) is 0 Å². The standard InChI is InChI=1S/C20H25F3N4OS/c1-14-15-4-5-16(20(21,22)23)24-18(15)29-17(14)19(28)27-12-10-26(11-13-27)9-8-25-6-2-3-7-25/h4-5H,2-3,6-13H2,1H3. The third kappa shape index (κ3) is 4.41. The minimum absolute atomic E-state index is 0.0988. The molecule has 5 nitrogen and oxygen atoms in total. The summed E-state index contributed by atoms with van der Waals surface area (Å²) in [4.78, 5) is 24.2. The Bertz CT molecular complexity index is 884. The topological polar surface area (TPSA) is 39.7 Å². The molecule has 4 heterocycles. The first-order chi connectivity index (χ1) is 13.8. The number of aryl methyl sites for hydroxylation is 1. The van der Waals surface area contributed by atoms with Crippen LogP contribution in [0.4, 0.5) is 13.2 Å². The number of rotatable bonds is 4. The molecule has 0 N–H and O–H groups in total. The van der Waals surface area contributed by atoms with Gasteiger partial charge in [-0.2, -0.15) is 13.2 Å².